The highest BCUT2D eigenvalue weighted by molar-refractivity contribution is 6.00. The number of anilines is 1. The Hall–Kier alpha value is -4.08. The largest absolute Gasteiger partial charge is 0.497 e. The van der Waals surface area contributed by atoms with Crippen molar-refractivity contribution in [3.63, 3.8) is 0 Å². The van der Waals surface area contributed by atoms with Crippen LogP contribution in [0.1, 0.15) is 71.6 Å². The van der Waals surface area contributed by atoms with E-state index in [9.17, 15) is 19.2 Å². The number of ether oxygens (including phenoxy) is 2. The second-order valence-corrected chi connectivity index (χ2v) is 11.3. The van der Waals surface area contributed by atoms with E-state index in [0.717, 1.165) is 5.56 Å². The molecule has 0 aliphatic rings. The van der Waals surface area contributed by atoms with Crippen molar-refractivity contribution >= 4 is 29.5 Å². The summed E-state index contributed by atoms with van der Waals surface area (Å²) in [6.07, 6.45) is -0.891. The van der Waals surface area contributed by atoms with Gasteiger partial charge in [0.15, 0.2) is 0 Å². The van der Waals surface area contributed by atoms with Crippen molar-refractivity contribution in [2.75, 3.05) is 12.4 Å². The van der Waals surface area contributed by atoms with Gasteiger partial charge in [-0.1, -0.05) is 36.8 Å². The van der Waals surface area contributed by atoms with Crippen molar-refractivity contribution in [3.8, 4) is 5.75 Å². The normalized spacial score (nSPS) is 13.0. The lowest BCUT2D eigenvalue weighted by Crippen LogP contribution is -2.59. The van der Waals surface area contributed by atoms with Crippen molar-refractivity contribution in [3.05, 3.63) is 59.7 Å². The number of aryl methyl sites for hydroxylation is 1. The number of alkyl carbamates (subject to hydrolysis) is 1. The summed E-state index contributed by atoms with van der Waals surface area (Å²) in [6.45, 7) is 12.5. The zero-order valence-electron chi connectivity index (χ0n) is 24.7. The standard InChI is InChI=1S/C30H42N4O6/c1-9-30(6,7)34(27(37)23(18-24(31)35)33-28(38)40-29(3,4)5)25(20-12-10-11-19(2)17-20)26(36)32-21-13-15-22(39-8)16-14-21/h10-17,23,25H,9,18H2,1-8H3,(H2,31,35)(H,32,36)(H,33,38). The van der Waals surface area contributed by atoms with E-state index < -0.39 is 53.5 Å². The molecule has 2 rings (SSSR count). The number of carbonyl (C=O) groups excluding carboxylic acids is 4. The van der Waals surface area contributed by atoms with Gasteiger partial charge in [0.2, 0.25) is 11.8 Å². The Morgan fingerprint density at radius 3 is 2.12 bits per heavy atom. The molecule has 0 spiro atoms. The fourth-order valence-corrected chi connectivity index (χ4v) is 4.11. The summed E-state index contributed by atoms with van der Waals surface area (Å²) in [5.41, 5.74) is 5.72. The number of carbonyl (C=O) groups is 4. The lowest BCUT2D eigenvalue weighted by molar-refractivity contribution is -0.148. The molecule has 40 heavy (non-hydrogen) atoms. The van der Waals surface area contributed by atoms with E-state index in [1.54, 1.807) is 64.3 Å². The predicted molar refractivity (Wildman–Crippen MR) is 154 cm³/mol. The van der Waals surface area contributed by atoms with E-state index >= 15 is 0 Å². The molecule has 4 N–H and O–H groups in total. The molecule has 0 heterocycles. The first kappa shape index (κ1) is 32.1. The van der Waals surface area contributed by atoms with Crippen molar-refractivity contribution < 1.29 is 28.7 Å². The zero-order chi connectivity index (χ0) is 30.3. The van der Waals surface area contributed by atoms with Crippen LogP contribution in [-0.2, 0) is 19.1 Å². The average molecular weight is 555 g/mol. The minimum absolute atomic E-state index is 0.465. The van der Waals surface area contributed by atoms with Gasteiger partial charge in [-0.05, 0) is 77.8 Å². The monoisotopic (exact) mass is 554 g/mol. The molecule has 10 nitrogen and oxygen atoms in total. The van der Waals surface area contributed by atoms with Crippen LogP contribution in [0.5, 0.6) is 5.75 Å². The molecule has 2 aromatic carbocycles. The predicted octanol–water partition coefficient (Wildman–Crippen LogP) is 4.47. The Morgan fingerprint density at radius 1 is 1.00 bits per heavy atom. The van der Waals surface area contributed by atoms with E-state index in [4.69, 9.17) is 15.2 Å². The van der Waals surface area contributed by atoms with E-state index in [1.807, 2.05) is 39.8 Å². The third-order valence-electron chi connectivity index (χ3n) is 6.37. The molecule has 10 heteroatoms. The first-order valence-corrected chi connectivity index (χ1v) is 13.2. The lowest BCUT2D eigenvalue weighted by Gasteiger charge is -2.44. The van der Waals surface area contributed by atoms with Crippen molar-refractivity contribution in [2.24, 2.45) is 5.73 Å². The maximum absolute atomic E-state index is 14.3. The van der Waals surface area contributed by atoms with Crippen LogP contribution < -0.4 is 21.1 Å². The number of nitrogens with zero attached hydrogens (tertiary/aromatic N) is 1. The second kappa shape index (κ2) is 13.3. The van der Waals surface area contributed by atoms with Gasteiger partial charge in [0.05, 0.1) is 13.5 Å². The van der Waals surface area contributed by atoms with Crippen LogP contribution in [0.3, 0.4) is 0 Å². The number of rotatable bonds is 11. The summed E-state index contributed by atoms with van der Waals surface area (Å²) in [5, 5.41) is 5.40. The molecule has 0 fully saturated rings. The van der Waals surface area contributed by atoms with Crippen molar-refractivity contribution in [2.45, 2.75) is 84.5 Å². The fraction of sp³-hybridized carbons (Fsp3) is 0.467. The Kier molecular flexibility index (Phi) is 10.7. The summed E-state index contributed by atoms with van der Waals surface area (Å²) >= 11 is 0. The number of benzene rings is 2. The number of hydrogen-bond acceptors (Lipinski definition) is 6. The topological polar surface area (TPSA) is 140 Å². The lowest BCUT2D eigenvalue weighted by atomic mass is 9.91. The molecule has 218 valence electrons. The molecule has 0 saturated carbocycles. The van der Waals surface area contributed by atoms with Gasteiger partial charge in [-0.3, -0.25) is 14.4 Å². The summed E-state index contributed by atoms with van der Waals surface area (Å²) in [6, 6.07) is 11.6. The number of methoxy groups -OCH3 is 1. The number of nitrogens with one attached hydrogen (secondary N) is 2. The summed E-state index contributed by atoms with van der Waals surface area (Å²) < 4.78 is 10.5. The van der Waals surface area contributed by atoms with Crippen LogP contribution in [0.25, 0.3) is 0 Å². The zero-order valence-corrected chi connectivity index (χ0v) is 24.7. The average Bonchev–Trinajstić information content (AvgIpc) is 2.85. The number of hydrogen-bond donors (Lipinski definition) is 3. The highest BCUT2D eigenvalue weighted by Gasteiger charge is 2.43. The minimum atomic E-state index is -1.36. The molecule has 0 bridgehead atoms. The third-order valence-corrected chi connectivity index (χ3v) is 6.37. The Bertz CT molecular complexity index is 1200. The van der Waals surface area contributed by atoms with E-state index in [2.05, 4.69) is 10.6 Å². The summed E-state index contributed by atoms with van der Waals surface area (Å²) in [4.78, 5) is 54.4. The van der Waals surface area contributed by atoms with Crippen molar-refractivity contribution in [1.82, 2.24) is 10.2 Å². The molecule has 0 radical (unpaired) electrons. The van der Waals surface area contributed by atoms with Gasteiger partial charge in [-0.2, -0.15) is 0 Å². The van der Waals surface area contributed by atoms with Crippen LogP contribution in [-0.4, -0.2) is 53.0 Å². The fourth-order valence-electron chi connectivity index (χ4n) is 4.11. The van der Waals surface area contributed by atoms with Crippen LogP contribution >= 0.6 is 0 Å². The van der Waals surface area contributed by atoms with Crippen LogP contribution in [0.4, 0.5) is 10.5 Å². The molecule has 0 saturated heterocycles. The highest BCUT2D eigenvalue weighted by Crippen LogP contribution is 2.33. The Labute approximate surface area is 236 Å². The molecule has 4 amide bonds. The van der Waals surface area contributed by atoms with Gasteiger partial charge in [-0.15, -0.1) is 0 Å². The van der Waals surface area contributed by atoms with Gasteiger partial charge < -0.3 is 30.7 Å². The summed E-state index contributed by atoms with van der Waals surface area (Å²) in [7, 11) is 1.55. The molecule has 2 aromatic rings. The van der Waals surface area contributed by atoms with Gasteiger partial charge in [0.25, 0.3) is 5.91 Å². The van der Waals surface area contributed by atoms with Crippen molar-refractivity contribution in [1.29, 1.82) is 0 Å². The van der Waals surface area contributed by atoms with Gasteiger partial charge in [-0.25, -0.2) is 4.79 Å². The molecular weight excluding hydrogens is 512 g/mol. The molecule has 0 aromatic heterocycles. The van der Waals surface area contributed by atoms with Crippen LogP contribution in [0, 0.1) is 6.92 Å². The maximum atomic E-state index is 14.3. The van der Waals surface area contributed by atoms with Crippen LogP contribution in [0.2, 0.25) is 0 Å². The quantitative estimate of drug-likeness (QED) is 0.374. The van der Waals surface area contributed by atoms with E-state index in [-0.39, 0.29) is 0 Å². The molecule has 0 aliphatic carbocycles. The van der Waals surface area contributed by atoms with Gasteiger partial charge in [0.1, 0.15) is 23.4 Å². The first-order valence-electron chi connectivity index (χ1n) is 13.2. The maximum Gasteiger partial charge on any atom is 0.408 e. The molecular formula is C30H42N4O6. The number of amides is 4. The van der Waals surface area contributed by atoms with E-state index in [1.165, 1.54) is 4.90 Å². The SMILES string of the molecule is CCC(C)(C)N(C(=O)C(CC(N)=O)NC(=O)OC(C)(C)C)C(C(=O)Nc1ccc(OC)cc1)c1cccc(C)c1. The Balaban J connectivity index is 2.63. The molecule has 2 unspecified atom stereocenters. The summed E-state index contributed by atoms with van der Waals surface area (Å²) in [5.74, 6) is -1.29. The van der Waals surface area contributed by atoms with Crippen LogP contribution in [0.15, 0.2) is 48.5 Å². The number of primary amides is 1. The second-order valence-electron chi connectivity index (χ2n) is 11.3. The minimum Gasteiger partial charge on any atom is -0.497 e. The number of nitrogens with two attached hydrogens (primary N) is 1. The molecule has 0 aliphatic heterocycles. The first-order chi connectivity index (χ1) is 18.6. The van der Waals surface area contributed by atoms with Gasteiger partial charge in [0, 0.05) is 11.2 Å². The Morgan fingerprint density at radius 2 is 1.62 bits per heavy atom. The molecule has 2 atom stereocenters. The van der Waals surface area contributed by atoms with Gasteiger partial charge >= 0.3 is 6.09 Å². The third kappa shape index (κ3) is 9.00. The smallest absolute Gasteiger partial charge is 0.408 e. The highest BCUT2D eigenvalue weighted by atomic mass is 16.6. The van der Waals surface area contributed by atoms with E-state index in [0.29, 0.717) is 23.4 Å².